The molecule has 0 fully saturated rings. The van der Waals surface area contributed by atoms with Crippen molar-refractivity contribution in [2.45, 2.75) is 50.1 Å². The van der Waals surface area contributed by atoms with Crippen LogP contribution in [0.1, 0.15) is 50.3 Å². The second kappa shape index (κ2) is 9.54. The zero-order chi connectivity index (χ0) is 20.1. The maximum absolute atomic E-state index is 6.06. The van der Waals surface area contributed by atoms with Gasteiger partial charge in [-0.1, -0.05) is 41.9 Å². The average molecular weight is 421 g/mol. The Morgan fingerprint density at radius 1 is 1.21 bits per heavy atom. The topological polar surface area (TPSA) is 72.9 Å². The Kier molecular flexibility index (Phi) is 7.09. The smallest absolute Gasteiger partial charge is 0.237 e. The molecular formula is C19H25ClN6OS. The van der Waals surface area contributed by atoms with Crippen LogP contribution in [0.25, 0.3) is 5.69 Å². The fraction of sp³-hybridized carbons (Fsp3) is 0.474. The van der Waals surface area contributed by atoms with E-state index in [0.29, 0.717) is 16.7 Å². The molecule has 7 nitrogen and oxygen atoms in total. The summed E-state index contributed by atoms with van der Waals surface area (Å²) in [5.74, 6) is 2.77. The summed E-state index contributed by atoms with van der Waals surface area (Å²) >= 11 is 7.59. The molecule has 1 aromatic carbocycles. The van der Waals surface area contributed by atoms with Crippen LogP contribution in [0, 0.1) is 0 Å². The van der Waals surface area contributed by atoms with E-state index in [0.717, 1.165) is 41.8 Å². The Labute approximate surface area is 174 Å². The Morgan fingerprint density at radius 2 is 1.96 bits per heavy atom. The molecule has 3 rings (SSSR count). The van der Waals surface area contributed by atoms with Crippen LogP contribution in [0.3, 0.4) is 0 Å². The third-order valence-corrected chi connectivity index (χ3v) is 5.65. The molecule has 28 heavy (non-hydrogen) atoms. The first-order valence-corrected chi connectivity index (χ1v) is 10.7. The first-order chi connectivity index (χ1) is 13.5. The first kappa shape index (κ1) is 20.8. The van der Waals surface area contributed by atoms with Gasteiger partial charge in [0.05, 0.1) is 11.8 Å². The van der Waals surface area contributed by atoms with Gasteiger partial charge in [-0.25, -0.2) is 0 Å². The highest BCUT2D eigenvalue weighted by atomic mass is 35.5. The molecular weight excluding hydrogens is 396 g/mol. The summed E-state index contributed by atoms with van der Waals surface area (Å²) in [5, 5.41) is 14.4. The van der Waals surface area contributed by atoms with Crippen LogP contribution in [-0.4, -0.2) is 43.9 Å². The van der Waals surface area contributed by atoms with Gasteiger partial charge in [-0.15, -0.1) is 10.2 Å². The van der Waals surface area contributed by atoms with Crippen molar-refractivity contribution < 1.29 is 4.52 Å². The van der Waals surface area contributed by atoms with E-state index in [1.165, 1.54) is 11.8 Å². The van der Waals surface area contributed by atoms with E-state index in [9.17, 15) is 0 Å². The van der Waals surface area contributed by atoms with Crippen LogP contribution >= 0.6 is 23.4 Å². The van der Waals surface area contributed by atoms with Gasteiger partial charge in [0.25, 0.3) is 0 Å². The minimum Gasteiger partial charge on any atom is -0.338 e. The molecule has 0 saturated carbocycles. The van der Waals surface area contributed by atoms with Gasteiger partial charge in [-0.3, -0.25) is 9.47 Å². The van der Waals surface area contributed by atoms with Gasteiger partial charge >= 0.3 is 0 Å². The summed E-state index contributed by atoms with van der Waals surface area (Å²) in [7, 11) is 4.04. The van der Waals surface area contributed by atoms with Gasteiger partial charge in [0.1, 0.15) is 0 Å². The number of benzene rings is 1. The van der Waals surface area contributed by atoms with E-state index in [2.05, 4.69) is 43.7 Å². The van der Waals surface area contributed by atoms with E-state index in [1.807, 2.05) is 38.4 Å². The van der Waals surface area contributed by atoms with Crippen molar-refractivity contribution in [3.05, 3.63) is 46.8 Å². The van der Waals surface area contributed by atoms with Crippen molar-refractivity contribution in [3.63, 3.8) is 0 Å². The summed E-state index contributed by atoms with van der Waals surface area (Å²) in [6, 6.07) is 7.77. The third-order valence-electron chi connectivity index (χ3n) is 4.48. The number of rotatable bonds is 9. The van der Waals surface area contributed by atoms with Crippen LogP contribution in [0.15, 0.2) is 33.9 Å². The third kappa shape index (κ3) is 4.92. The normalized spacial score (nSPS) is 12.6. The predicted octanol–water partition coefficient (Wildman–Crippen LogP) is 4.56. The molecule has 2 heterocycles. The largest absolute Gasteiger partial charge is 0.338 e. The molecule has 0 amide bonds. The molecule has 150 valence electrons. The van der Waals surface area contributed by atoms with Gasteiger partial charge in [0.2, 0.25) is 5.89 Å². The highest BCUT2D eigenvalue weighted by Crippen LogP contribution is 2.29. The molecule has 0 aliphatic rings. The molecule has 3 aromatic rings. The van der Waals surface area contributed by atoms with E-state index in [-0.39, 0.29) is 6.04 Å². The average Bonchev–Trinajstić information content (AvgIpc) is 3.31. The predicted molar refractivity (Wildman–Crippen MR) is 111 cm³/mol. The van der Waals surface area contributed by atoms with Crippen LogP contribution < -0.4 is 0 Å². The Bertz CT molecular complexity index is 892. The number of halogens is 1. The van der Waals surface area contributed by atoms with E-state index in [4.69, 9.17) is 16.1 Å². The highest BCUT2D eigenvalue weighted by molar-refractivity contribution is 7.98. The van der Waals surface area contributed by atoms with Crippen molar-refractivity contribution in [3.8, 4) is 5.69 Å². The van der Waals surface area contributed by atoms with Crippen molar-refractivity contribution in [1.29, 1.82) is 0 Å². The molecule has 0 aliphatic carbocycles. The quantitative estimate of drug-likeness (QED) is 0.469. The number of hydrogen-bond acceptors (Lipinski definition) is 7. The Balaban J connectivity index is 1.84. The number of aryl methyl sites for hydroxylation is 1. The van der Waals surface area contributed by atoms with Crippen LogP contribution in [0.2, 0.25) is 5.02 Å². The molecule has 0 saturated heterocycles. The summed E-state index contributed by atoms with van der Waals surface area (Å²) in [5.41, 5.74) is 0.967. The molecule has 1 unspecified atom stereocenters. The van der Waals surface area contributed by atoms with E-state index in [1.54, 1.807) is 0 Å². The monoisotopic (exact) mass is 420 g/mol. The second-order valence-electron chi connectivity index (χ2n) is 6.79. The molecule has 0 bridgehead atoms. The second-order valence-corrected chi connectivity index (χ2v) is 8.17. The standard InChI is InChI=1S/C19H25ClN6OS/c1-5-6-7-16-21-17(27-24-16)12-28-19-23-22-18(13(2)25(3)4)26(19)15-10-8-14(20)9-11-15/h8-11,13H,5-7,12H2,1-4H3. The SMILES string of the molecule is CCCCc1noc(CSc2nnc(C(C)N(C)C)n2-c2ccc(Cl)cc2)n1. The summed E-state index contributed by atoms with van der Waals surface area (Å²) < 4.78 is 7.43. The molecule has 0 radical (unpaired) electrons. The number of hydrogen-bond donors (Lipinski definition) is 0. The number of aromatic nitrogens is 5. The van der Waals surface area contributed by atoms with Gasteiger partial charge in [-0.05, 0) is 51.7 Å². The maximum atomic E-state index is 6.06. The summed E-state index contributed by atoms with van der Waals surface area (Å²) in [6.07, 6.45) is 3.01. The fourth-order valence-electron chi connectivity index (χ4n) is 2.62. The summed E-state index contributed by atoms with van der Waals surface area (Å²) in [6.45, 7) is 4.25. The van der Waals surface area contributed by atoms with Gasteiger partial charge in [0.15, 0.2) is 16.8 Å². The van der Waals surface area contributed by atoms with Crippen LogP contribution in [0.5, 0.6) is 0 Å². The molecule has 9 heteroatoms. The minimum atomic E-state index is 0.0987. The molecule has 0 spiro atoms. The van der Waals surface area contributed by atoms with E-state index >= 15 is 0 Å². The van der Waals surface area contributed by atoms with Gasteiger partial charge in [-0.2, -0.15) is 4.98 Å². The van der Waals surface area contributed by atoms with Gasteiger partial charge < -0.3 is 4.52 Å². The van der Waals surface area contributed by atoms with Gasteiger partial charge in [0, 0.05) is 17.1 Å². The highest BCUT2D eigenvalue weighted by Gasteiger charge is 2.21. The van der Waals surface area contributed by atoms with E-state index < -0.39 is 0 Å². The number of thioether (sulfide) groups is 1. The zero-order valence-electron chi connectivity index (χ0n) is 16.6. The lowest BCUT2D eigenvalue weighted by molar-refractivity contribution is 0.305. The lowest BCUT2D eigenvalue weighted by atomic mass is 10.2. The van der Waals surface area contributed by atoms with Crippen molar-refractivity contribution >= 4 is 23.4 Å². The lowest BCUT2D eigenvalue weighted by Gasteiger charge is -2.20. The lowest BCUT2D eigenvalue weighted by Crippen LogP contribution is -2.20. The first-order valence-electron chi connectivity index (χ1n) is 9.31. The fourth-order valence-corrected chi connectivity index (χ4v) is 3.54. The maximum Gasteiger partial charge on any atom is 0.237 e. The minimum absolute atomic E-state index is 0.0987. The van der Waals surface area contributed by atoms with Crippen molar-refractivity contribution in [2.24, 2.45) is 0 Å². The van der Waals surface area contributed by atoms with Crippen molar-refractivity contribution in [1.82, 2.24) is 29.8 Å². The Hall–Kier alpha value is -1.90. The summed E-state index contributed by atoms with van der Waals surface area (Å²) in [4.78, 5) is 6.57. The number of nitrogens with zero attached hydrogens (tertiary/aromatic N) is 6. The molecule has 0 N–H and O–H groups in total. The zero-order valence-corrected chi connectivity index (χ0v) is 18.2. The molecule has 0 aliphatic heterocycles. The molecule has 2 aromatic heterocycles. The van der Waals surface area contributed by atoms with Crippen LogP contribution in [-0.2, 0) is 12.2 Å². The Morgan fingerprint density at radius 3 is 2.64 bits per heavy atom. The van der Waals surface area contributed by atoms with Crippen molar-refractivity contribution in [2.75, 3.05) is 14.1 Å². The van der Waals surface area contributed by atoms with Crippen LogP contribution in [0.4, 0.5) is 0 Å². The molecule has 1 atom stereocenters. The number of unbranched alkanes of at least 4 members (excludes halogenated alkanes) is 1.